The zero-order chi connectivity index (χ0) is 18.5. The summed E-state index contributed by atoms with van der Waals surface area (Å²) in [6.45, 7) is 2.60. The van der Waals surface area contributed by atoms with Crippen LogP contribution in [-0.4, -0.2) is 55.2 Å². The summed E-state index contributed by atoms with van der Waals surface area (Å²) in [5.41, 5.74) is 0.954. The third-order valence-electron chi connectivity index (χ3n) is 4.56. The number of anilines is 2. The SMILES string of the molecule is COc1ccc(CN2CCCC(Nc3nccc(N(C)C)n3)C2)cc1F. The molecule has 0 saturated carbocycles. The zero-order valence-electron chi connectivity index (χ0n) is 15.6. The number of nitrogens with zero attached hydrogens (tertiary/aromatic N) is 4. The second-order valence-electron chi connectivity index (χ2n) is 6.82. The van der Waals surface area contributed by atoms with Gasteiger partial charge in [0.2, 0.25) is 5.95 Å². The standard InChI is InChI=1S/C19H26FN5O/c1-24(2)18-8-9-21-19(23-18)22-15-5-4-10-25(13-15)12-14-6-7-17(26-3)16(20)11-14/h6-9,11,15H,4-5,10,12-13H2,1-3H3,(H,21,22,23). The fourth-order valence-corrected chi connectivity index (χ4v) is 3.23. The first kappa shape index (κ1) is 18.4. The van der Waals surface area contributed by atoms with Gasteiger partial charge in [-0.05, 0) is 43.1 Å². The molecule has 1 aliphatic heterocycles. The van der Waals surface area contributed by atoms with Crippen molar-refractivity contribution in [2.75, 3.05) is 44.5 Å². The molecule has 0 amide bonds. The van der Waals surface area contributed by atoms with Gasteiger partial charge in [-0.25, -0.2) is 9.37 Å². The number of rotatable bonds is 6. The highest BCUT2D eigenvalue weighted by atomic mass is 19.1. The highest BCUT2D eigenvalue weighted by molar-refractivity contribution is 5.41. The van der Waals surface area contributed by atoms with Gasteiger partial charge in [0.1, 0.15) is 5.82 Å². The molecule has 6 nitrogen and oxygen atoms in total. The molecule has 2 heterocycles. The van der Waals surface area contributed by atoms with Crippen molar-refractivity contribution in [3.63, 3.8) is 0 Å². The minimum Gasteiger partial charge on any atom is -0.494 e. The summed E-state index contributed by atoms with van der Waals surface area (Å²) in [7, 11) is 5.40. The van der Waals surface area contributed by atoms with Crippen molar-refractivity contribution in [1.82, 2.24) is 14.9 Å². The van der Waals surface area contributed by atoms with Gasteiger partial charge in [0.15, 0.2) is 11.6 Å². The summed E-state index contributed by atoms with van der Waals surface area (Å²) < 4.78 is 18.9. The quantitative estimate of drug-likeness (QED) is 0.856. The van der Waals surface area contributed by atoms with Crippen molar-refractivity contribution >= 4 is 11.8 Å². The van der Waals surface area contributed by atoms with Crippen LogP contribution in [0.5, 0.6) is 5.75 Å². The maximum absolute atomic E-state index is 13.9. The van der Waals surface area contributed by atoms with Gasteiger partial charge in [-0.15, -0.1) is 0 Å². The molecule has 3 rings (SSSR count). The van der Waals surface area contributed by atoms with Crippen LogP contribution in [0.4, 0.5) is 16.2 Å². The average Bonchev–Trinajstić information content (AvgIpc) is 2.62. The second-order valence-corrected chi connectivity index (χ2v) is 6.82. The van der Waals surface area contributed by atoms with Crippen LogP contribution in [-0.2, 0) is 6.54 Å². The van der Waals surface area contributed by atoms with E-state index in [1.807, 2.05) is 31.1 Å². The Balaban J connectivity index is 1.60. The largest absolute Gasteiger partial charge is 0.494 e. The summed E-state index contributed by atoms with van der Waals surface area (Å²) in [5, 5.41) is 3.44. The Morgan fingerprint density at radius 1 is 1.35 bits per heavy atom. The maximum Gasteiger partial charge on any atom is 0.224 e. The highest BCUT2D eigenvalue weighted by Gasteiger charge is 2.21. The lowest BCUT2D eigenvalue weighted by atomic mass is 10.0. The second kappa shape index (κ2) is 8.31. The molecule has 1 N–H and O–H groups in total. The number of hydrogen-bond donors (Lipinski definition) is 1. The Labute approximate surface area is 154 Å². The van der Waals surface area contributed by atoms with Gasteiger partial charge in [-0.3, -0.25) is 4.90 Å². The van der Waals surface area contributed by atoms with E-state index in [1.54, 1.807) is 18.3 Å². The summed E-state index contributed by atoms with van der Waals surface area (Å²) in [5.74, 6) is 1.50. The van der Waals surface area contributed by atoms with Crippen LogP contribution in [0.15, 0.2) is 30.5 Å². The normalized spacial score (nSPS) is 17.8. The van der Waals surface area contributed by atoms with Crippen molar-refractivity contribution < 1.29 is 9.13 Å². The molecule has 140 valence electrons. The monoisotopic (exact) mass is 359 g/mol. The molecule has 1 aromatic heterocycles. The van der Waals surface area contributed by atoms with E-state index in [4.69, 9.17) is 4.74 Å². The number of hydrogen-bond acceptors (Lipinski definition) is 6. The first-order chi connectivity index (χ1) is 12.5. The molecule has 0 spiro atoms. The van der Waals surface area contributed by atoms with E-state index in [1.165, 1.54) is 7.11 Å². The Bertz CT molecular complexity index is 740. The van der Waals surface area contributed by atoms with E-state index in [0.717, 1.165) is 43.9 Å². The van der Waals surface area contributed by atoms with Crippen LogP contribution >= 0.6 is 0 Å². The lowest BCUT2D eigenvalue weighted by Gasteiger charge is -2.33. The highest BCUT2D eigenvalue weighted by Crippen LogP contribution is 2.21. The molecule has 7 heteroatoms. The van der Waals surface area contributed by atoms with Gasteiger partial charge in [-0.1, -0.05) is 6.07 Å². The van der Waals surface area contributed by atoms with E-state index in [-0.39, 0.29) is 17.6 Å². The number of halogens is 1. The number of piperidine rings is 1. The number of likely N-dealkylation sites (tertiary alicyclic amines) is 1. The van der Waals surface area contributed by atoms with Gasteiger partial charge in [0.25, 0.3) is 0 Å². The number of aromatic nitrogens is 2. The molecule has 1 aromatic carbocycles. The molecule has 1 fully saturated rings. The zero-order valence-corrected chi connectivity index (χ0v) is 15.6. The molecule has 1 atom stereocenters. The van der Waals surface area contributed by atoms with E-state index < -0.39 is 0 Å². The minimum absolute atomic E-state index is 0.282. The lowest BCUT2D eigenvalue weighted by Crippen LogP contribution is -2.42. The predicted octanol–water partition coefficient (Wildman–Crippen LogP) is 2.77. The smallest absolute Gasteiger partial charge is 0.224 e. The van der Waals surface area contributed by atoms with Crippen LogP contribution in [0.3, 0.4) is 0 Å². The molecular formula is C19H26FN5O. The van der Waals surface area contributed by atoms with Crippen molar-refractivity contribution in [2.24, 2.45) is 0 Å². The van der Waals surface area contributed by atoms with Gasteiger partial charge >= 0.3 is 0 Å². The topological polar surface area (TPSA) is 53.5 Å². The minimum atomic E-state index is -0.314. The molecule has 2 aromatic rings. The van der Waals surface area contributed by atoms with Crippen LogP contribution < -0.4 is 15.0 Å². The number of nitrogens with one attached hydrogen (secondary N) is 1. The molecule has 26 heavy (non-hydrogen) atoms. The Kier molecular flexibility index (Phi) is 5.88. The van der Waals surface area contributed by atoms with Gasteiger partial charge < -0.3 is 15.0 Å². The summed E-state index contributed by atoms with van der Waals surface area (Å²) in [4.78, 5) is 13.1. The van der Waals surface area contributed by atoms with Crippen molar-refractivity contribution in [3.8, 4) is 5.75 Å². The molecule has 1 aliphatic rings. The van der Waals surface area contributed by atoms with Crippen LogP contribution in [0.1, 0.15) is 18.4 Å². The van der Waals surface area contributed by atoms with Gasteiger partial charge in [-0.2, -0.15) is 4.98 Å². The van der Waals surface area contributed by atoms with E-state index in [2.05, 4.69) is 20.2 Å². The lowest BCUT2D eigenvalue weighted by molar-refractivity contribution is 0.208. The van der Waals surface area contributed by atoms with Crippen LogP contribution in [0.2, 0.25) is 0 Å². The third-order valence-corrected chi connectivity index (χ3v) is 4.56. The number of methoxy groups -OCH3 is 1. The third kappa shape index (κ3) is 4.60. The predicted molar refractivity (Wildman–Crippen MR) is 101 cm³/mol. The average molecular weight is 359 g/mol. The first-order valence-electron chi connectivity index (χ1n) is 8.87. The van der Waals surface area contributed by atoms with Crippen molar-refractivity contribution in [1.29, 1.82) is 0 Å². The summed E-state index contributed by atoms with van der Waals surface area (Å²) in [6.07, 6.45) is 3.93. The molecule has 1 unspecified atom stereocenters. The first-order valence-corrected chi connectivity index (χ1v) is 8.87. The maximum atomic E-state index is 13.9. The Morgan fingerprint density at radius 3 is 2.92 bits per heavy atom. The number of benzene rings is 1. The van der Waals surface area contributed by atoms with Crippen molar-refractivity contribution in [3.05, 3.63) is 41.8 Å². The molecule has 0 bridgehead atoms. The van der Waals surface area contributed by atoms with Crippen LogP contribution in [0.25, 0.3) is 0 Å². The molecule has 0 aliphatic carbocycles. The Hall–Kier alpha value is -2.41. The van der Waals surface area contributed by atoms with E-state index in [9.17, 15) is 4.39 Å². The number of ether oxygens (including phenoxy) is 1. The van der Waals surface area contributed by atoms with Gasteiger partial charge in [0, 0.05) is 39.4 Å². The molecule has 0 radical (unpaired) electrons. The fourth-order valence-electron chi connectivity index (χ4n) is 3.23. The molecule has 1 saturated heterocycles. The van der Waals surface area contributed by atoms with E-state index >= 15 is 0 Å². The van der Waals surface area contributed by atoms with Crippen LogP contribution in [0, 0.1) is 5.82 Å². The van der Waals surface area contributed by atoms with Gasteiger partial charge in [0.05, 0.1) is 7.11 Å². The van der Waals surface area contributed by atoms with E-state index in [0.29, 0.717) is 5.95 Å². The fraction of sp³-hybridized carbons (Fsp3) is 0.474. The molecular weight excluding hydrogens is 333 g/mol. The summed E-state index contributed by atoms with van der Waals surface area (Å²) >= 11 is 0. The Morgan fingerprint density at radius 2 is 2.19 bits per heavy atom. The summed E-state index contributed by atoms with van der Waals surface area (Å²) in [6, 6.07) is 7.33. The van der Waals surface area contributed by atoms with Crippen molar-refractivity contribution in [2.45, 2.75) is 25.4 Å².